The maximum atomic E-state index is 11.9. The van der Waals surface area contributed by atoms with E-state index in [4.69, 9.17) is 11.6 Å². The first-order chi connectivity index (χ1) is 10.3. The fourth-order valence-corrected chi connectivity index (χ4v) is 2.89. The van der Waals surface area contributed by atoms with Gasteiger partial charge in [-0.25, -0.2) is 0 Å². The minimum Gasteiger partial charge on any atom is -0.349 e. The summed E-state index contributed by atoms with van der Waals surface area (Å²) in [5.74, 6) is -0.0671. The van der Waals surface area contributed by atoms with Crippen LogP contribution in [0.25, 0.3) is 0 Å². The third-order valence-electron chi connectivity index (χ3n) is 3.03. The molecule has 22 heavy (non-hydrogen) atoms. The van der Waals surface area contributed by atoms with Gasteiger partial charge in [0.05, 0.1) is 0 Å². The topological polar surface area (TPSA) is 66.5 Å². The minimum absolute atomic E-state index is 0.00370. The lowest BCUT2D eigenvalue weighted by atomic mass is 10.2. The van der Waals surface area contributed by atoms with Crippen LogP contribution < -0.4 is 5.32 Å². The van der Waals surface area contributed by atoms with Gasteiger partial charge >= 0.3 is 0 Å². The number of amides is 2. The van der Waals surface area contributed by atoms with E-state index < -0.39 is 10.8 Å². The molecule has 1 aromatic carbocycles. The molecule has 1 N–H and O–H groups in total. The number of rotatable bonds is 7. The predicted molar refractivity (Wildman–Crippen MR) is 90.6 cm³/mol. The fourth-order valence-electron chi connectivity index (χ4n) is 1.74. The summed E-state index contributed by atoms with van der Waals surface area (Å²) in [7, 11) is 2.08. The molecule has 5 nitrogen and oxygen atoms in total. The Labute approximate surface area is 138 Å². The molecule has 0 aliphatic carbocycles. The second-order valence-electron chi connectivity index (χ2n) is 5.19. The molecule has 0 heterocycles. The number of benzene rings is 1. The predicted octanol–water partition coefficient (Wildman–Crippen LogP) is 2.20. The number of aryl methyl sites for hydroxylation is 1. The van der Waals surface area contributed by atoms with Crippen LogP contribution in [0.2, 0.25) is 5.02 Å². The van der Waals surface area contributed by atoms with Crippen molar-refractivity contribution in [1.29, 1.82) is 0 Å². The molecule has 0 aliphatic rings. The SMILES string of the molecule is Cc1ccc(Cl)cc1NC(=O)CS(=O)CCCC(=O)N(C)C. The van der Waals surface area contributed by atoms with E-state index in [1.54, 1.807) is 26.2 Å². The zero-order valence-electron chi connectivity index (χ0n) is 13.0. The van der Waals surface area contributed by atoms with Crippen LogP contribution in [0.3, 0.4) is 0 Å². The first-order valence-corrected chi connectivity index (χ1v) is 8.77. The van der Waals surface area contributed by atoms with Gasteiger partial charge in [0.1, 0.15) is 5.75 Å². The van der Waals surface area contributed by atoms with Crippen LogP contribution >= 0.6 is 11.6 Å². The van der Waals surface area contributed by atoms with Crippen molar-refractivity contribution in [2.24, 2.45) is 0 Å². The van der Waals surface area contributed by atoms with Crippen molar-refractivity contribution in [2.75, 3.05) is 30.9 Å². The van der Waals surface area contributed by atoms with Crippen LogP contribution in [-0.4, -0.2) is 46.5 Å². The van der Waals surface area contributed by atoms with E-state index in [0.29, 0.717) is 29.3 Å². The van der Waals surface area contributed by atoms with Crippen LogP contribution in [0.5, 0.6) is 0 Å². The van der Waals surface area contributed by atoms with Crippen LogP contribution in [0.1, 0.15) is 18.4 Å². The quantitative estimate of drug-likeness (QED) is 0.824. The first kappa shape index (κ1) is 18.6. The molecule has 1 aromatic rings. The Morgan fingerprint density at radius 1 is 1.32 bits per heavy atom. The van der Waals surface area contributed by atoms with Gasteiger partial charge in [0.15, 0.2) is 0 Å². The molecule has 1 unspecified atom stereocenters. The summed E-state index contributed by atoms with van der Waals surface area (Å²) < 4.78 is 11.8. The van der Waals surface area contributed by atoms with Crippen molar-refractivity contribution >= 4 is 39.9 Å². The molecule has 0 aliphatic heterocycles. The highest BCUT2D eigenvalue weighted by molar-refractivity contribution is 7.85. The average molecular weight is 345 g/mol. The molecule has 2 amide bonds. The number of hydrogen-bond donors (Lipinski definition) is 1. The van der Waals surface area contributed by atoms with Crippen LogP contribution in [0.15, 0.2) is 18.2 Å². The Hall–Kier alpha value is -1.40. The Bertz CT molecular complexity index is 576. The maximum absolute atomic E-state index is 11.9. The minimum atomic E-state index is -1.28. The van der Waals surface area contributed by atoms with E-state index in [9.17, 15) is 13.8 Å². The number of anilines is 1. The second kappa shape index (κ2) is 8.90. The van der Waals surface area contributed by atoms with Gasteiger partial charge in [-0.3, -0.25) is 13.8 Å². The van der Waals surface area contributed by atoms with Gasteiger partial charge in [-0.05, 0) is 31.0 Å². The largest absolute Gasteiger partial charge is 0.349 e. The van der Waals surface area contributed by atoms with Gasteiger partial charge < -0.3 is 10.2 Å². The molecule has 0 bridgehead atoms. The molecule has 0 saturated carbocycles. The highest BCUT2D eigenvalue weighted by Crippen LogP contribution is 2.20. The van der Waals surface area contributed by atoms with Gasteiger partial charge in [-0.1, -0.05) is 17.7 Å². The van der Waals surface area contributed by atoms with Gasteiger partial charge in [0.2, 0.25) is 11.8 Å². The summed E-state index contributed by atoms with van der Waals surface area (Å²) in [5.41, 5.74) is 1.51. The number of hydrogen-bond acceptors (Lipinski definition) is 3. The number of carbonyl (C=O) groups is 2. The molecule has 1 rings (SSSR count). The van der Waals surface area contributed by atoms with Crippen molar-refractivity contribution in [3.8, 4) is 0 Å². The summed E-state index contributed by atoms with van der Waals surface area (Å²) in [5, 5.41) is 3.24. The molecule has 0 spiro atoms. The number of halogens is 1. The molecular weight excluding hydrogens is 324 g/mol. The Balaban J connectivity index is 2.40. The normalized spacial score (nSPS) is 11.8. The van der Waals surface area contributed by atoms with Crippen LogP contribution in [-0.2, 0) is 20.4 Å². The molecule has 0 saturated heterocycles. The van der Waals surface area contributed by atoms with E-state index >= 15 is 0 Å². The summed E-state index contributed by atoms with van der Waals surface area (Å²) in [6, 6.07) is 5.21. The third-order valence-corrected chi connectivity index (χ3v) is 4.59. The van der Waals surface area contributed by atoms with E-state index in [1.807, 2.05) is 13.0 Å². The van der Waals surface area contributed by atoms with Crippen molar-refractivity contribution < 1.29 is 13.8 Å². The lowest BCUT2D eigenvalue weighted by molar-refractivity contribution is -0.128. The van der Waals surface area contributed by atoms with E-state index in [-0.39, 0.29) is 17.6 Å². The standard InChI is InChI=1S/C15H21ClN2O3S/c1-11-6-7-12(16)9-13(11)17-14(19)10-22(21)8-4-5-15(20)18(2)3/h6-7,9H,4-5,8,10H2,1-3H3,(H,17,19). The molecule has 0 fully saturated rings. The van der Waals surface area contributed by atoms with Gasteiger partial charge in [-0.2, -0.15) is 0 Å². The summed E-state index contributed by atoms with van der Waals surface area (Å²) in [6.45, 7) is 1.86. The summed E-state index contributed by atoms with van der Waals surface area (Å²) in [6.07, 6.45) is 0.848. The third kappa shape index (κ3) is 6.58. The number of nitrogens with one attached hydrogen (secondary N) is 1. The zero-order valence-corrected chi connectivity index (χ0v) is 14.6. The molecule has 7 heteroatoms. The summed E-state index contributed by atoms with van der Waals surface area (Å²) in [4.78, 5) is 24.8. The monoisotopic (exact) mass is 344 g/mol. The van der Waals surface area contributed by atoms with Crippen molar-refractivity contribution in [2.45, 2.75) is 19.8 Å². The van der Waals surface area contributed by atoms with Gasteiger partial charge in [-0.15, -0.1) is 0 Å². The number of carbonyl (C=O) groups excluding carboxylic acids is 2. The first-order valence-electron chi connectivity index (χ1n) is 6.90. The molecule has 122 valence electrons. The van der Waals surface area contributed by atoms with Gasteiger partial charge in [0.25, 0.3) is 0 Å². The molecule has 0 radical (unpaired) electrons. The molecular formula is C15H21ClN2O3S. The van der Waals surface area contributed by atoms with E-state index in [0.717, 1.165) is 5.56 Å². The highest BCUT2D eigenvalue weighted by atomic mass is 35.5. The van der Waals surface area contributed by atoms with Crippen molar-refractivity contribution in [1.82, 2.24) is 4.90 Å². The van der Waals surface area contributed by atoms with Gasteiger partial charge in [0, 0.05) is 47.8 Å². The average Bonchev–Trinajstić information content (AvgIpc) is 2.42. The number of nitrogens with zero attached hydrogens (tertiary/aromatic N) is 1. The lowest BCUT2D eigenvalue weighted by Crippen LogP contribution is -2.23. The maximum Gasteiger partial charge on any atom is 0.236 e. The summed E-state index contributed by atoms with van der Waals surface area (Å²) >= 11 is 5.88. The van der Waals surface area contributed by atoms with Crippen LogP contribution in [0, 0.1) is 6.92 Å². The lowest BCUT2D eigenvalue weighted by Gasteiger charge is -2.10. The Morgan fingerprint density at radius 2 is 2.00 bits per heavy atom. The smallest absolute Gasteiger partial charge is 0.236 e. The molecule has 1 atom stereocenters. The van der Waals surface area contributed by atoms with Crippen LogP contribution in [0.4, 0.5) is 5.69 Å². The fraction of sp³-hybridized carbons (Fsp3) is 0.467. The zero-order chi connectivity index (χ0) is 16.7. The van der Waals surface area contributed by atoms with Crippen molar-refractivity contribution in [3.05, 3.63) is 28.8 Å². The van der Waals surface area contributed by atoms with E-state index in [1.165, 1.54) is 4.90 Å². The Kier molecular flexibility index (Phi) is 7.55. The molecule has 0 aromatic heterocycles. The Morgan fingerprint density at radius 3 is 2.64 bits per heavy atom. The van der Waals surface area contributed by atoms with Crippen molar-refractivity contribution in [3.63, 3.8) is 0 Å². The van der Waals surface area contributed by atoms with E-state index in [2.05, 4.69) is 5.32 Å². The highest BCUT2D eigenvalue weighted by Gasteiger charge is 2.11. The second-order valence-corrected chi connectivity index (χ2v) is 7.20.